The van der Waals surface area contributed by atoms with E-state index in [1.54, 1.807) is 20.8 Å². The average molecular weight is 349 g/mol. The van der Waals surface area contributed by atoms with Crippen LogP contribution in [-0.4, -0.2) is 46.9 Å². The zero-order chi connectivity index (χ0) is 18.6. The normalized spacial score (nSPS) is 20.9. The Morgan fingerprint density at radius 3 is 2.40 bits per heavy atom. The summed E-state index contributed by atoms with van der Waals surface area (Å²) in [6.45, 7) is 8.19. The fraction of sp³-hybridized carbons (Fsp3) is 0.579. The van der Waals surface area contributed by atoms with Crippen molar-refractivity contribution < 1.29 is 24.2 Å². The van der Waals surface area contributed by atoms with Gasteiger partial charge in [0.05, 0.1) is 6.61 Å². The van der Waals surface area contributed by atoms with Gasteiger partial charge >= 0.3 is 12.1 Å². The predicted molar refractivity (Wildman–Crippen MR) is 93.9 cm³/mol. The number of amides is 1. The van der Waals surface area contributed by atoms with Crippen molar-refractivity contribution in [2.24, 2.45) is 0 Å². The highest BCUT2D eigenvalue weighted by molar-refractivity contribution is 5.81. The van der Waals surface area contributed by atoms with Crippen LogP contribution in [-0.2, 0) is 9.53 Å². The van der Waals surface area contributed by atoms with Crippen LogP contribution in [0, 0.1) is 0 Å². The van der Waals surface area contributed by atoms with Gasteiger partial charge in [-0.15, -0.1) is 0 Å². The zero-order valence-corrected chi connectivity index (χ0v) is 15.3. The maximum atomic E-state index is 12.5. The van der Waals surface area contributed by atoms with Crippen LogP contribution < -0.4 is 4.74 Å². The molecule has 0 bridgehead atoms. The third-order valence-corrected chi connectivity index (χ3v) is 4.13. The molecule has 0 unspecified atom stereocenters. The lowest BCUT2D eigenvalue weighted by Crippen LogP contribution is -2.53. The first-order valence-corrected chi connectivity index (χ1v) is 8.68. The molecule has 138 valence electrons. The van der Waals surface area contributed by atoms with Crippen LogP contribution in [0.5, 0.6) is 5.75 Å². The number of aliphatic carboxylic acids is 1. The monoisotopic (exact) mass is 349 g/mol. The third kappa shape index (κ3) is 4.87. The quantitative estimate of drug-likeness (QED) is 0.898. The number of ether oxygens (including phenoxy) is 2. The highest BCUT2D eigenvalue weighted by Gasteiger charge is 2.41. The first-order chi connectivity index (χ1) is 11.7. The molecule has 1 fully saturated rings. The Hall–Kier alpha value is -2.24. The molecule has 0 radical (unpaired) electrons. The van der Waals surface area contributed by atoms with Crippen molar-refractivity contribution in [1.29, 1.82) is 0 Å². The fourth-order valence-corrected chi connectivity index (χ4v) is 3.15. The topological polar surface area (TPSA) is 76.1 Å². The van der Waals surface area contributed by atoms with E-state index >= 15 is 0 Å². The van der Waals surface area contributed by atoms with Gasteiger partial charge in [-0.2, -0.15) is 0 Å². The lowest BCUT2D eigenvalue weighted by molar-refractivity contribution is -0.145. The van der Waals surface area contributed by atoms with Crippen LogP contribution in [0.25, 0.3) is 0 Å². The maximum absolute atomic E-state index is 12.5. The second kappa shape index (κ2) is 7.76. The number of benzene rings is 1. The van der Waals surface area contributed by atoms with Crippen LogP contribution in [0.2, 0.25) is 0 Å². The van der Waals surface area contributed by atoms with Crippen molar-refractivity contribution in [3.8, 4) is 5.75 Å². The van der Waals surface area contributed by atoms with Gasteiger partial charge in [-0.1, -0.05) is 12.1 Å². The second-order valence-electron chi connectivity index (χ2n) is 7.21. The zero-order valence-electron chi connectivity index (χ0n) is 15.3. The molecule has 6 nitrogen and oxygen atoms in total. The molecule has 6 heteroatoms. The first kappa shape index (κ1) is 19.1. The summed E-state index contributed by atoms with van der Waals surface area (Å²) in [7, 11) is 0. The molecule has 1 heterocycles. The summed E-state index contributed by atoms with van der Waals surface area (Å²) >= 11 is 0. The molecule has 0 saturated carbocycles. The maximum Gasteiger partial charge on any atom is 0.411 e. The molecule has 0 aromatic heterocycles. The van der Waals surface area contributed by atoms with Gasteiger partial charge in [0.2, 0.25) is 0 Å². The number of hydrogen-bond donors (Lipinski definition) is 1. The molecule has 1 amide bonds. The van der Waals surface area contributed by atoms with E-state index < -0.39 is 23.7 Å². The van der Waals surface area contributed by atoms with Gasteiger partial charge in [0.25, 0.3) is 0 Å². The summed E-state index contributed by atoms with van der Waals surface area (Å²) in [4.78, 5) is 25.7. The fourth-order valence-electron chi connectivity index (χ4n) is 3.15. The second-order valence-corrected chi connectivity index (χ2v) is 7.21. The third-order valence-electron chi connectivity index (χ3n) is 4.13. The minimum atomic E-state index is -1.01. The molecule has 0 aliphatic carbocycles. The Kier molecular flexibility index (Phi) is 5.93. The Morgan fingerprint density at radius 2 is 1.88 bits per heavy atom. The summed E-state index contributed by atoms with van der Waals surface area (Å²) in [5, 5.41) is 9.75. The van der Waals surface area contributed by atoms with Crippen LogP contribution in [0.3, 0.4) is 0 Å². The number of carbonyl (C=O) groups excluding carboxylic acids is 1. The number of piperidine rings is 1. The molecular formula is C19H27NO5. The van der Waals surface area contributed by atoms with Gasteiger partial charge in [-0.25, -0.2) is 9.59 Å². The van der Waals surface area contributed by atoms with E-state index in [1.807, 2.05) is 31.2 Å². The Labute approximate surface area is 148 Å². The SMILES string of the molecule is CCOc1ccc([C@@H]2CCCN(C(=O)OC(C)(C)C)[C@H]2C(=O)O)cc1. The van der Waals surface area contributed by atoms with Crippen molar-refractivity contribution >= 4 is 12.1 Å². The van der Waals surface area contributed by atoms with Crippen molar-refractivity contribution in [2.45, 2.75) is 58.1 Å². The van der Waals surface area contributed by atoms with E-state index in [9.17, 15) is 14.7 Å². The molecular weight excluding hydrogens is 322 g/mol. The first-order valence-electron chi connectivity index (χ1n) is 8.68. The Bertz CT molecular complexity index is 605. The van der Waals surface area contributed by atoms with Crippen LogP contribution >= 0.6 is 0 Å². The smallest absolute Gasteiger partial charge is 0.411 e. The summed E-state index contributed by atoms with van der Waals surface area (Å²) in [6.07, 6.45) is 0.876. The van der Waals surface area contributed by atoms with Gasteiger partial charge < -0.3 is 14.6 Å². The van der Waals surface area contributed by atoms with E-state index in [4.69, 9.17) is 9.47 Å². The van der Waals surface area contributed by atoms with Gasteiger partial charge in [-0.05, 0) is 58.2 Å². The molecule has 2 atom stereocenters. The average Bonchev–Trinajstić information content (AvgIpc) is 2.53. The van der Waals surface area contributed by atoms with Crippen molar-refractivity contribution in [2.75, 3.05) is 13.2 Å². The molecule has 1 aromatic rings. The van der Waals surface area contributed by atoms with Gasteiger partial charge in [0.15, 0.2) is 0 Å². The molecule has 2 rings (SSSR count). The molecule has 1 saturated heterocycles. The molecule has 1 aliphatic heterocycles. The standard InChI is InChI=1S/C19H27NO5/c1-5-24-14-10-8-13(9-11-14)15-7-6-12-20(16(15)17(21)22)18(23)25-19(2,3)4/h8-11,15-16H,5-7,12H2,1-4H3,(H,21,22)/t15-,16+/m0/s1. The molecule has 25 heavy (non-hydrogen) atoms. The van der Waals surface area contributed by atoms with E-state index in [0.29, 0.717) is 19.6 Å². The van der Waals surface area contributed by atoms with Crippen LogP contribution in [0.15, 0.2) is 24.3 Å². The summed E-state index contributed by atoms with van der Waals surface area (Å²) in [6, 6.07) is 6.50. The van der Waals surface area contributed by atoms with Gasteiger partial charge in [0, 0.05) is 12.5 Å². The highest BCUT2D eigenvalue weighted by atomic mass is 16.6. The number of carboxylic acids is 1. The lowest BCUT2D eigenvalue weighted by atomic mass is 9.83. The molecule has 0 spiro atoms. The van der Waals surface area contributed by atoms with E-state index in [1.165, 1.54) is 4.90 Å². The van der Waals surface area contributed by atoms with Gasteiger partial charge in [0.1, 0.15) is 17.4 Å². The Morgan fingerprint density at radius 1 is 1.24 bits per heavy atom. The van der Waals surface area contributed by atoms with Gasteiger partial charge in [-0.3, -0.25) is 4.90 Å². The minimum Gasteiger partial charge on any atom is -0.494 e. The number of carboxylic acid groups (broad SMARTS) is 1. The van der Waals surface area contributed by atoms with Crippen LogP contribution in [0.1, 0.15) is 52.0 Å². The largest absolute Gasteiger partial charge is 0.494 e. The number of likely N-dealkylation sites (tertiary alicyclic amines) is 1. The molecule has 1 aromatic carbocycles. The summed E-state index contributed by atoms with van der Waals surface area (Å²) in [5.41, 5.74) is 0.232. The van der Waals surface area contributed by atoms with E-state index in [0.717, 1.165) is 17.7 Å². The highest BCUT2D eigenvalue weighted by Crippen LogP contribution is 2.34. The van der Waals surface area contributed by atoms with Crippen LogP contribution in [0.4, 0.5) is 4.79 Å². The number of nitrogens with zero attached hydrogens (tertiary/aromatic N) is 1. The van der Waals surface area contributed by atoms with E-state index in [-0.39, 0.29) is 5.92 Å². The van der Waals surface area contributed by atoms with Crippen molar-refractivity contribution in [3.63, 3.8) is 0 Å². The molecule has 1 aliphatic rings. The van der Waals surface area contributed by atoms with E-state index in [2.05, 4.69) is 0 Å². The minimum absolute atomic E-state index is 0.269. The summed E-state index contributed by atoms with van der Waals surface area (Å²) in [5.74, 6) is -0.531. The number of carbonyl (C=O) groups is 2. The van der Waals surface area contributed by atoms with Crippen molar-refractivity contribution in [1.82, 2.24) is 4.90 Å². The number of rotatable bonds is 4. The summed E-state index contributed by atoms with van der Waals surface area (Å²) < 4.78 is 10.8. The Balaban J connectivity index is 2.25. The predicted octanol–water partition coefficient (Wildman–Crippen LogP) is 3.65. The lowest BCUT2D eigenvalue weighted by Gasteiger charge is -2.39. The van der Waals surface area contributed by atoms with Crippen molar-refractivity contribution in [3.05, 3.63) is 29.8 Å². The molecule has 1 N–H and O–H groups in total. The number of hydrogen-bond acceptors (Lipinski definition) is 4.